The molecule has 0 unspecified atom stereocenters. The van der Waals surface area contributed by atoms with Crippen LogP contribution in [0.2, 0.25) is 0 Å². The predicted octanol–water partition coefficient (Wildman–Crippen LogP) is 0.976. The van der Waals surface area contributed by atoms with Gasteiger partial charge in [-0.1, -0.05) is 18.8 Å². The van der Waals surface area contributed by atoms with Crippen LogP contribution in [0, 0.1) is 23.7 Å². The van der Waals surface area contributed by atoms with Crippen molar-refractivity contribution in [2.24, 2.45) is 25.9 Å². The SMILES string of the molecule is CCS(=O)(=O)c1nc2c(c(=O)n(C)c(=O)n2CC#Cc2cc(NC(=O)C3CC3)cc(NC(=O)C3CC3)c2)n1C. The molecule has 2 aliphatic carbocycles. The second kappa shape index (κ2) is 9.85. The highest BCUT2D eigenvalue weighted by Gasteiger charge is 2.31. The van der Waals surface area contributed by atoms with Gasteiger partial charge < -0.3 is 15.2 Å². The molecular weight excluding hydrogens is 524 g/mol. The van der Waals surface area contributed by atoms with Gasteiger partial charge in [-0.15, -0.1) is 0 Å². The van der Waals surface area contributed by atoms with Crippen molar-refractivity contribution in [2.45, 2.75) is 44.3 Å². The van der Waals surface area contributed by atoms with Crippen molar-refractivity contribution < 1.29 is 18.0 Å². The smallest absolute Gasteiger partial charge is 0.326 e. The van der Waals surface area contributed by atoms with Crippen LogP contribution in [0.25, 0.3) is 11.2 Å². The average molecular weight is 553 g/mol. The highest BCUT2D eigenvalue weighted by molar-refractivity contribution is 7.91. The lowest BCUT2D eigenvalue weighted by Crippen LogP contribution is -2.38. The first-order chi connectivity index (χ1) is 18.5. The van der Waals surface area contributed by atoms with Gasteiger partial charge in [0.1, 0.15) is 0 Å². The summed E-state index contributed by atoms with van der Waals surface area (Å²) in [5.74, 6) is 5.41. The molecule has 2 N–H and O–H groups in total. The molecule has 1 aromatic carbocycles. The van der Waals surface area contributed by atoms with Gasteiger partial charge in [0, 0.05) is 42.9 Å². The van der Waals surface area contributed by atoms with E-state index in [2.05, 4.69) is 27.5 Å². The number of imidazole rings is 1. The van der Waals surface area contributed by atoms with E-state index in [4.69, 9.17) is 0 Å². The second-order valence-corrected chi connectivity index (χ2v) is 12.1. The van der Waals surface area contributed by atoms with E-state index in [0.717, 1.165) is 34.8 Å². The molecule has 2 amide bonds. The molecule has 2 aliphatic rings. The molecule has 0 aliphatic heterocycles. The second-order valence-electron chi connectivity index (χ2n) is 9.89. The van der Waals surface area contributed by atoms with Crippen molar-refractivity contribution >= 4 is 44.2 Å². The van der Waals surface area contributed by atoms with E-state index in [9.17, 15) is 27.6 Å². The summed E-state index contributed by atoms with van der Waals surface area (Å²) in [6, 6.07) is 5.02. The van der Waals surface area contributed by atoms with Crippen LogP contribution in [0.1, 0.15) is 38.2 Å². The Bertz CT molecular complexity index is 1770. The zero-order valence-electron chi connectivity index (χ0n) is 21.8. The fraction of sp³-hybridized carbons (Fsp3) is 0.423. The number of anilines is 2. The number of fused-ring (bicyclic) bond motifs is 1. The molecule has 204 valence electrons. The number of hydrogen-bond acceptors (Lipinski definition) is 7. The number of aromatic nitrogens is 4. The Balaban J connectivity index is 1.52. The average Bonchev–Trinajstić information content (AvgIpc) is 3.80. The van der Waals surface area contributed by atoms with Crippen LogP contribution in [-0.4, -0.2) is 44.7 Å². The van der Waals surface area contributed by atoms with Crippen LogP contribution in [0.15, 0.2) is 32.9 Å². The first kappa shape index (κ1) is 26.4. The van der Waals surface area contributed by atoms with E-state index >= 15 is 0 Å². The Labute approximate surface area is 224 Å². The molecule has 0 bridgehead atoms. The zero-order valence-corrected chi connectivity index (χ0v) is 22.6. The normalized spacial score (nSPS) is 15.1. The van der Waals surface area contributed by atoms with E-state index in [0.29, 0.717) is 16.9 Å². The molecule has 2 fully saturated rings. The van der Waals surface area contributed by atoms with Crippen molar-refractivity contribution in [3.8, 4) is 11.8 Å². The lowest BCUT2D eigenvalue weighted by molar-refractivity contribution is -0.118. The van der Waals surface area contributed by atoms with Gasteiger partial charge in [0.25, 0.3) is 5.56 Å². The number of sulfone groups is 1. The molecule has 3 aromatic rings. The predicted molar refractivity (Wildman–Crippen MR) is 144 cm³/mol. The zero-order chi connectivity index (χ0) is 28.1. The van der Waals surface area contributed by atoms with Gasteiger partial charge in [-0.05, 0) is 43.9 Å². The number of rotatable bonds is 7. The molecule has 39 heavy (non-hydrogen) atoms. The minimum absolute atomic E-state index is 0.0111. The summed E-state index contributed by atoms with van der Waals surface area (Å²) < 4.78 is 28.3. The van der Waals surface area contributed by atoms with E-state index in [1.54, 1.807) is 18.2 Å². The van der Waals surface area contributed by atoms with E-state index < -0.39 is 21.1 Å². The Morgan fingerprint density at radius 2 is 1.54 bits per heavy atom. The summed E-state index contributed by atoms with van der Waals surface area (Å²) in [7, 11) is -1.05. The largest absolute Gasteiger partial charge is 0.333 e. The van der Waals surface area contributed by atoms with Crippen molar-refractivity contribution in [3.63, 3.8) is 0 Å². The first-order valence-electron chi connectivity index (χ1n) is 12.6. The maximum atomic E-state index is 12.9. The molecule has 0 atom stereocenters. The lowest BCUT2D eigenvalue weighted by Gasteiger charge is -2.10. The van der Waals surface area contributed by atoms with Crippen molar-refractivity contribution in [2.75, 3.05) is 16.4 Å². The standard InChI is InChI=1S/C26H28N6O6S/c1-4-39(37,38)25-29-21-20(30(25)2)24(35)31(3)26(36)32(21)11-5-6-15-12-18(27-22(33)16-7-8-16)14-19(13-15)28-23(34)17-9-10-17/h12-14,16-17H,4,7-11H2,1-3H3,(H,27,33)(H,28,34). The van der Waals surface area contributed by atoms with Crippen LogP contribution in [0.4, 0.5) is 11.4 Å². The van der Waals surface area contributed by atoms with Gasteiger partial charge in [-0.3, -0.25) is 23.5 Å². The molecule has 12 nitrogen and oxygen atoms in total. The third-order valence-electron chi connectivity index (χ3n) is 6.81. The number of carbonyl (C=O) groups is 2. The molecule has 5 rings (SSSR count). The molecule has 0 radical (unpaired) electrons. The Hall–Kier alpha value is -4.18. The summed E-state index contributed by atoms with van der Waals surface area (Å²) in [4.78, 5) is 54.5. The fourth-order valence-electron chi connectivity index (χ4n) is 4.20. The van der Waals surface area contributed by atoms with E-state index in [1.165, 1.54) is 25.6 Å². The topological polar surface area (TPSA) is 154 Å². The summed E-state index contributed by atoms with van der Waals surface area (Å²) >= 11 is 0. The highest BCUT2D eigenvalue weighted by Crippen LogP contribution is 2.32. The number of nitrogens with one attached hydrogen (secondary N) is 2. The van der Waals surface area contributed by atoms with Crippen LogP contribution in [0.3, 0.4) is 0 Å². The van der Waals surface area contributed by atoms with Crippen molar-refractivity contribution in [1.82, 2.24) is 18.7 Å². The number of amides is 2. The number of nitrogens with zero attached hydrogens (tertiary/aromatic N) is 4. The number of aryl methyl sites for hydroxylation is 1. The lowest BCUT2D eigenvalue weighted by atomic mass is 10.1. The summed E-state index contributed by atoms with van der Waals surface area (Å²) in [6.45, 7) is 1.28. The van der Waals surface area contributed by atoms with Crippen molar-refractivity contribution in [3.05, 3.63) is 44.6 Å². The summed E-state index contributed by atoms with van der Waals surface area (Å²) in [6.07, 6.45) is 3.37. The van der Waals surface area contributed by atoms with Gasteiger partial charge in [-0.25, -0.2) is 13.2 Å². The first-order valence-corrected chi connectivity index (χ1v) is 14.3. The number of carbonyl (C=O) groups excluding carboxylic acids is 2. The molecule has 2 saturated carbocycles. The molecule has 0 saturated heterocycles. The highest BCUT2D eigenvalue weighted by atomic mass is 32.2. The fourth-order valence-corrected chi connectivity index (χ4v) is 5.20. The number of benzene rings is 1. The molecule has 0 spiro atoms. The van der Waals surface area contributed by atoms with Crippen LogP contribution in [0.5, 0.6) is 0 Å². The minimum Gasteiger partial charge on any atom is -0.326 e. The monoisotopic (exact) mass is 552 g/mol. The third kappa shape index (κ3) is 5.24. The van der Waals surface area contributed by atoms with Gasteiger partial charge in [0.2, 0.25) is 26.8 Å². The van der Waals surface area contributed by atoms with Crippen LogP contribution < -0.4 is 21.9 Å². The molecule has 2 heterocycles. The summed E-state index contributed by atoms with van der Waals surface area (Å²) in [5.41, 5.74) is 0.0101. The van der Waals surface area contributed by atoms with Crippen LogP contribution in [-0.2, 0) is 40.1 Å². The van der Waals surface area contributed by atoms with Gasteiger partial charge >= 0.3 is 5.69 Å². The van der Waals surface area contributed by atoms with Gasteiger partial charge in [0.05, 0.1) is 12.3 Å². The van der Waals surface area contributed by atoms with Crippen molar-refractivity contribution in [1.29, 1.82) is 0 Å². The Kier molecular flexibility index (Phi) is 6.67. The number of hydrogen-bond donors (Lipinski definition) is 2. The minimum atomic E-state index is -3.76. The quantitative estimate of drug-likeness (QED) is 0.414. The Morgan fingerprint density at radius 1 is 0.974 bits per heavy atom. The maximum Gasteiger partial charge on any atom is 0.333 e. The summed E-state index contributed by atoms with van der Waals surface area (Å²) in [5, 5.41) is 5.43. The molecule has 13 heteroatoms. The Morgan fingerprint density at radius 3 is 2.05 bits per heavy atom. The molecular formula is C26H28N6O6S. The molecule has 2 aromatic heterocycles. The van der Waals surface area contributed by atoms with Gasteiger partial charge in [0.15, 0.2) is 11.2 Å². The van der Waals surface area contributed by atoms with Crippen LogP contribution >= 0.6 is 0 Å². The van der Waals surface area contributed by atoms with E-state index in [1.807, 2.05) is 0 Å². The maximum absolute atomic E-state index is 12.9. The van der Waals surface area contributed by atoms with Gasteiger partial charge in [-0.2, -0.15) is 4.98 Å². The van der Waals surface area contributed by atoms with E-state index in [-0.39, 0.29) is 52.3 Å². The third-order valence-corrected chi connectivity index (χ3v) is 8.49.